The Bertz CT molecular complexity index is 1640. The third kappa shape index (κ3) is 12.4. The molecule has 0 aliphatic carbocycles. The minimum Gasteiger partial charge on any atom is -0.462 e. The van der Waals surface area contributed by atoms with Crippen molar-refractivity contribution in [3.63, 3.8) is 0 Å². The average molecular weight is 658 g/mol. The second-order valence-corrected chi connectivity index (χ2v) is 9.81. The van der Waals surface area contributed by atoms with Gasteiger partial charge in [-0.3, -0.25) is 9.59 Å². The van der Waals surface area contributed by atoms with Crippen LogP contribution < -0.4 is 14.2 Å². The first-order valence-corrected chi connectivity index (χ1v) is 14.6. The number of carbonyl (C=O) groups is 6. The fraction of sp³-hybridized carbons (Fsp3) is 0.194. The summed E-state index contributed by atoms with van der Waals surface area (Å²) < 4.78 is 30.7. The van der Waals surface area contributed by atoms with Gasteiger partial charge in [-0.25, -0.2) is 19.2 Å². The van der Waals surface area contributed by atoms with Gasteiger partial charge in [-0.15, -0.1) is 0 Å². The summed E-state index contributed by atoms with van der Waals surface area (Å²) in [6, 6.07) is 16.8. The van der Waals surface area contributed by atoms with Crippen molar-refractivity contribution in [2.75, 3.05) is 19.8 Å². The first-order chi connectivity index (χ1) is 23.1. The maximum Gasteiger partial charge on any atom is 0.343 e. The van der Waals surface area contributed by atoms with Crippen LogP contribution in [0.25, 0.3) is 0 Å². The molecule has 12 nitrogen and oxygen atoms in total. The van der Waals surface area contributed by atoms with E-state index in [1.165, 1.54) is 36.4 Å². The molecule has 0 N–H and O–H groups in total. The van der Waals surface area contributed by atoms with Gasteiger partial charge in [-0.05, 0) is 79.1 Å². The normalized spacial score (nSPS) is 10.2. The van der Waals surface area contributed by atoms with Gasteiger partial charge in [0, 0.05) is 31.4 Å². The first-order valence-electron chi connectivity index (χ1n) is 14.6. The summed E-state index contributed by atoms with van der Waals surface area (Å²) in [4.78, 5) is 71.2. The number of carbonyl (C=O) groups excluding carboxylic acids is 6. The fourth-order valence-corrected chi connectivity index (χ4v) is 3.81. The van der Waals surface area contributed by atoms with E-state index in [9.17, 15) is 28.8 Å². The van der Waals surface area contributed by atoms with Crippen LogP contribution in [-0.4, -0.2) is 55.6 Å². The third-order valence-electron chi connectivity index (χ3n) is 6.26. The molecule has 0 saturated carbocycles. The average Bonchev–Trinajstić information content (AvgIpc) is 3.08. The summed E-state index contributed by atoms with van der Waals surface area (Å²) in [5, 5.41) is 0. The van der Waals surface area contributed by atoms with Crippen molar-refractivity contribution in [1.29, 1.82) is 0 Å². The van der Waals surface area contributed by atoms with Gasteiger partial charge in [0.05, 0.1) is 17.7 Å². The van der Waals surface area contributed by atoms with Gasteiger partial charge in [0.25, 0.3) is 0 Å². The summed E-state index contributed by atoms with van der Waals surface area (Å²) >= 11 is 0. The van der Waals surface area contributed by atoms with E-state index in [1.807, 2.05) is 0 Å². The minimum absolute atomic E-state index is 0.0237. The zero-order valence-electron chi connectivity index (χ0n) is 26.1. The van der Waals surface area contributed by atoms with Crippen LogP contribution >= 0.6 is 0 Å². The molecule has 0 aliphatic heterocycles. The van der Waals surface area contributed by atoms with Crippen molar-refractivity contribution in [3.8, 4) is 17.2 Å². The smallest absolute Gasteiger partial charge is 0.343 e. The van der Waals surface area contributed by atoms with Gasteiger partial charge < -0.3 is 28.4 Å². The van der Waals surface area contributed by atoms with Crippen molar-refractivity contribution in [2.45, 2.75) is 26.2 Å². The molecule has 0 aliphatic rings. The number of hydrogen-bond donors (Lipinski definition) is 0. The van der Waals surface area contributed by atoms with Gasteiger partial charge in [0.1, 0.15) is 30.5 Å². The number of rotatable bonds is 17. The highest BCUT2D eigenvalue weighted by Crippen LogP contribution is 2.25. The molecule has 0 heterocycles. The molecule has 3 rings (SSSR count). The van der Waals surface area contributed by atoms with E-state index < -0.39 is 35.8 Å². The van der Waals surface area contributed by atoms with Gasteiger partial charge >= 0.3 is 35.8 Å². The van der Waals surface area contributed by atoms with E-state index in [-0.39, 0.29) is 61.9 Å². The molecule has 0 amide bonds. The number of hydrogen-bond acceptors (Lipinski definition) is 12. The molecule has 1 radical (unpaired) electrons. The van der Waals surface area contributed by atoms with Gasteiger partial charge in [0.2, 0.25) is 0 Å². The summed E-state index contributed by atoms with van der Waals surface area (Å²) in [6.07, 6.45) is 3.86. The van der Waals surface area contributed by atoms with Crippen LogP contribution in [0.4, 0.5) is 0 Å². The lowest BCUT2D eigenvalue weighted by Gasteiger charge is -2.10. The molecule has 12 heteroatoms. The van der Waals surface area contributed by atoms with E-state index in [2.05, 4.69) is 13.2 Å². The Balaban J connectivity index is 1.42. The molecule has 48 heavy (non-hydrogen) atoms. The highest BCUT2D eigenvalue weighted by molar-refractivity contribution is 5.92. The van der Waals surface area contributed by atoms with Crippen molar-refractivity contribution in [2.24, 2.45) is 0 Å². The Kier molecular flexibility index (Phi) is 14.3. The predicted octanol–water partition coefficient (Wildman–Crippen LogP) is 5.06. The summed E-state index contributed by atoms with van der Waals surface area (Å²) in [5.41, 5.74) is 1.80. The quantitative estimate of drug-likeness (QED) is 0.0625. The molecule has 249 valence electrons. The van der Waals surface area contributed by atoms with Crippen LogP contribution in [0.5, 0.6) is 17.2 Å². The molecule has 0 aromatic heterocycles. The maximum absolute atomic E-state index is 12.7. The van der Waals surface area contributed by atoms with Gasteiger partial charge in [0.15, 0.2) is 0 Å². The monoisotopic (exact) mass is 657 g/mol. The minimum atomic E-state index is -0.661. The Morgan fingerprint density at radius 2 is 1.19 bits per heavy atom. The van der Waals surface area contributed by atoms with Crippen molar-refractivity contribution >= 4 is 35.8 Å². The maximum atomic E-state index is 12.7. The fourth-order valence-electron chi connectivity index (χ4n) is 3.81. The number of esters is 6. The van der Waals surface area contributed by atoms with Crippen LogP contribution in [0.15, 0.2) is 92.0 Å². The van der Waals surface area contributed by atoms with Crippen molar-refractivity contribution in [3.05, 3.63) is 121 Å². The highest BCUT2D eigenvalue weighted by atomic mass is 16.6. The summed E-state index contributed by atoms with van der Waals surface area (Å²) in [5.74, 6) is -2.82. The second-order valence-electron chi connectivity index (χ2n) is 9.81. The predicted molar refractivity (Wildman–Crippen MR) is 170 cm³/mol. The van der Waals surface area contributed by atoms with Crippen molar-refractivity contribution in [1.82, 2.24) is 0 Å². The zero-order chi connectivity index (χ0) is 34.9. The molecule has 0 atom stereocenters. The third-order valence-corrected chi connectivity index (χ3v) is 6.26. The van der Waals surface area contributed by atoms with E-state index in [1.54, 1.807) is 43.7 Å². The zero-order valence-corrected chi connectivity index (χ0v) is 26.1. The van der Waals surface area contributed by atoms with Crippen LogP contribution in [0, 0.1) is 13.3 Å². The van der Waals surface area contributed by atoms with Crippen molar-refractivity contribution < 1.29 is 57.2 Å². The SMILES string of the molecule is C=CC(=O)OC[CH]c1ccc(C(=O)Oc2ccc(OC(=O)c3ccc(OC(=O)CCCC(=O)OCCOC(=O)C=C)cc3)cc2C)cc1. The van der Waals surface area contributed by atoms with E-state index in [0.717, 1.165) is 17.7 Å². The van der Waals surface area contributed by atoms with Gasteiger partial charge in [-0.1, -0.05) is 25.3 Å². The largest absolute Gasteiger partial charge is 0.462 e. The molecular weight excluding hydrogens is 624 g/mol. The molecule has 3 aromatic rings. The van der Waals surface area contributed by atoms with Crippen LogP contribution in [0.3, 0.4) is 0 Å². The van der Waals surface area contributed by atoms with E-state index in [0.29, 0.717) is 11.1 Å². The molecule has 0 unspecified atom stereocenters. The Hall–Kier alpha value is -6.04. The summed E-state index contributed by atoms with van der Waals surface area (Å²) in [6.45, 7) is 8.14. The Morgan fingerprint density at radius 1 is 0.625 bits per heavy atom. The lowest BCUT2D eigenvalue weighted by Crippen LogP contribution is -2.14. The molecule has 0 saturated heterocycles. The number of benzene rings is 3. The van der Waals surface area contributed by atoms with Crippen LogP contribution in [0.1, 0.15) is 51.1 Å². The lowest BCUT2D eigenvalue weighted by atomic mass is 10.1. The highest BCUT2D eigenvalue weighted by Gasteiger charge is 2.15. The molecule has 3 aromatic carbocycles. The summed E-state index contributed by atoms with van der Waals surface area (Å²) in [7, 11) is 0. The molecule has 0 spiro atoms. The van der Waals surface area contributed by atoms with E-state index in [4.69, 9.17) is 28.4 Å². The van der Waals surface area contributed by atoms with Gasteiger partial charge in [-0.2, -0.15) is 0 Å². The Labute approximate surface area is 276 Å². The second kappa shape index (κ2) is 18.8. The topological polar surface area (TPSA) is 158 Å². The number of ether oxygens (including phenoxy) is 6. The lowest BCUT2D eigenvalue weighted by molar-refractivity contribution is -0.149. The molecule has 0 fully saturated rings. The van der Waals surface area contributed by atoms with E-state index >= 15 is 0 Å². The molecular formula is C36H33O12. The number of aryl methyl sites for hydroxylation is 1. The standard InChI is InChI=1S/C36H33O12/c1-4-31(37)43-20-19-25-9-11-26(12-10-25)36(42)48-30-18-17-29(23-24(30)3)47-35(41)27-13-15-28(16-14-27)46-34(40)8-6-7-33(39)45-22-21-44-32(38)5-2/h4-5,9-19,23H,1-2,6-8,20-22H2,3H3. The molecule has 0 bridgehead atoms. The Morgan fingerprint density at radius 3 is 1.83 bits per heavy atom. The first kappa shape index (κ1) is 36.4. The van der Waals surface area contributed by atoms with Crippen LogP contribution in [-0.2, 0) is 33.4 Å². The van der Waals surface area contributed by atoms with Crippen LogP contribution in [0.2, 0.25) is 0 Å².